The number of nitrogens with zero attached hydrogens (tertiary/aromatic N) is 4. The van der Waals surface area contributed by atoms with Crippen molar-refractivity contribution < 1.29 is 0 Å². The van der Waals surface area contributed by atoms with E-state index < -0.39 is 0 Å². The molecule has 4 aromatic rings. The van der Waals surface area contributed by atoms with Crippen molar-refractivity contribution >= 4 is 11.0 Å². The van der Waals surface area contributed by atoms with E-state index in [4.69, 9.17) is 4.98 Å². The number of fused-ring (bicyclic) bond motifs is 1. The highest BCUT2D eigenvalue weighted by Crippen LogP contribution is 2.33. The molecule has 0 fully saturated rings. The summed E-state index contributed by atoms with van der Waals surface area (Å²) in [5.74, 6) is 1.01. The lowest BCUT2D eigenvalue weighted by atomic mass is 10.0. The van der Waals surface area contributed by atoms with Gasteiger partial charge in [0.25, 0.3) is 0 Å². The second-order valence-corrected chi connectivity index (χ2v) is 6.34. The number of imidazole rings is 2. The number of aryl methyl sites for hydroxylation is 3. The van der Waals surface area contributed by atoms with E-state index in [1.807, 2.05) is 24.9 Å². The Hall–Kier alpha value is -2.88. The molecule has 0 aliphatic carbocycles. The third-order valence-corrected chi connectivity index (χ3v) is 4.61. The second-order valence-electron chi connectivity index (χ2n) is 6.34. The molecule has 0 amide bonds. The van der Waals surface area contributed by atoms with Crippen molar-refractivity contribution in [3.63, 3.8) is 0 Å². The molecule has 0 unspecified atom stereocenters. The van der Waals surface area contributed by atoms with Gasteiger partial charge in [0.2, 0.25) is 0 Å². The molecule has 0 bridgehead atoms. The number of benzene rings is 2. The highest BCUT2D eigenvalue weighted by atomic mass is 15.1. The minimum Gasteiger partial charge on any atom is -0.334 e. The van der Waals surface area contributed by atoms with Crippen LogP contribution >= 0.6 is 0 Å². The van der Waals surface area contributed by atoms with E-state index in [0.29, 0.717) is 0 Å². The summed E-state index contributed by atoms with van der Waals surface area (Å²) in [7, 11) is 4.10. The Morgan fingerprint density at radius 1 is 0.917 bits per heavy atom. The lowest BCUT2D eigenvalue weighted by Gasteiger charge is -2.08. The normalized spacial score (nSPS) is 11.3. The second kappa shape index (κ2) is 5.34. The smallest absolute Gasteiger partial charge is 0.106 e. The lowest BCUT2D eigenvalue weighted by Crippen LogP contribution is -1.95. The predicted molar refractivity (Wildman–Crippen MR) is 97.8 cm³/mol. The summed E-state index contributed by atoms with van der Waals surface area (Å²) in [6.07, 6.45) is 1.85. The Balaban J connectivity index is 1.98. The van der Waals surface area contributed by atoms with Crippen molar-refractivity contribution in [3.8, 4) is 22.5 Å². The molecule has 0 atom stereocenters. The molecule has 2 aromatic heterocycles. The van der Waals surface area contributed by atoms with E-state index in [2.05, 4.69) is 66.0 Å². The van der Waals surface area contributed by atoms with Gasteiger partial charge in [-0.25, -0.2) is 9.97 Å². The Bertz CT molecular complexity index is 1050. The first-order chi connectivity index (χ1) is 11.5. The van der Waals surface area contributed by atoms with Gasteiger partial charge in [0.1, 0.15) is 5.82 Å². The van der Waals surface area contributed by atoms with Crippen molar-refractivity contribution in [2.45, 2.75) is 13.8 Å². The van der Waals surface area contributed by atoms with Gasteiger partial charge in [0, 0.05) is 25.2 Å². The number of aromatic nitrogens is 4. The molecule has 4 rings (SSSR count). The minimum atomic E-state index is 1.01. The first kappa shape index (κ1) is 14.7. The molecule has 4 nitrogen and oxygen atoms in total. The predicted octanol–water partition coefficient (Wildman–Crippen LogP) is 4.26. The summed E-state index contributed by atoms with van der Waals surface area (Å²) < 4.78 is 4.21. The van der Waals surface area contributed by atoms with Crippen molar-refractivity contribution in [3.05, 3.63) is 60.2 Å². The summed E-state index contributed by atoms with van der Waals surface area (Å²) in [6, 6.07) is 14.9. The van der Waals surface area contributed by atoms with E-state index in [9.17, 15) is 0 Å². The monoisotopic (exact) mass is 316 g/mol. The average molecular weight is 316 g/mol. The maximum Gasteiger partial charge on any atom is 0.106 e. The topological polar surface area (TPSA) is 35.6 Å². The fraction of sp³-hybridized carbons (Fsp3) is 0.200. The molecule has 0 saturated carbocycles. The van der Waals surface area contributed by atoms with Gasteiger partial charge in [0.05, 0.1) is 28.7 Å². The highest BCUT2D eigenvalue weighted by molar-refractivity contribution is 5.86. The fourth-order valence-electron chi connectivity index (χ4n) is 3.21. The van der Waals surface area contributed by atoms with Crippen LogP contribution in [-0.2, 0) is 14.1 Å². The number of hydrogen-bond acceptors (Lipinski definition) is 2. The molecular weight excluding hydrogens is 296 g/mol. The average Bonchev–Trinajstić information content (AvgIpc) is 3.08. The van der Waals surface area contributed by atoms with Gasteiger partial charge < -0.3 is 9.13 Å². The first-order valence-electron chi connectivity index (χ1n) is 8.06. The van der Waals surface area contributed by atoms with Crippen LogP contribution in [0.3, 0.4) is 0 Å². The van der Waals surface area contributed by atoms with Gasteiger partial charge in [-0.1, -0.05) is 29.8 Å². The van der Waals surface area contributed by atoms with Gasteiger partial charge in [-0.05, 0) is 32.0 Å². The largest absolute Gasteiger partial charge is 0.334 e. The van der Waals surface area contributed by atoms with Crippen LogP contribution in [0.1, 0.15) is 11.4 Å². The molecular formula is C20H20N4. The molecule has 0 aliphatic heterocycles. The van der Waals surface area contributed by atoms with Gasteiger partial charge in [-0.3, -0.25) is 0 Å². The zero-order valence-electron chi connectivity index (χ0n) is 14.4. The molecule has 2 heterocycles. The molecule has 2 aromatic carbocycles. The minimum absolute atomic E-state index is 1.01. The molecule has 0 spiro atoms. The van der Waals surface area contributed by atoms with Crippen LogP contribution in [0.25, 0.3) is 33.5 Å². The van der Waals surface area contributed by atoms with Crippen LogP contribution in [0.5, 0.6) is 0 Å². The molecule has 0 saturated heterocycles. The van der Waals surface area contributed by atoms with Gasteiger partial charge in [-0.2, -0.15) is 0 Å². The molecule has 4 heteroatoms. The van der Waals surface area contributed by atoms with E-state index in [-0.39, 0.29) is 0 Å². The van der Waals surface area contributed by atoms with Crippen LogP contribution in [0.15, 0.2) is 48.8 Å². The van der Waals surface area contributed by atoms with Crippen molar-refractivity contribution in [2.24, 2.45) is 14.1 Å². The third-order valence-electron chi connectivity index (χ3n) is 4.61. The molecule has 0 radical (unpaired) electrons. The number of rotatable bonds is 2. The van der Waals surface area contributed by atoms with Gasteiger partial charge in [0.15, 0.2) is 0 Å². The Morgan fingerprint density at radius 3 is 2.54 bits per heavy atom. The van der Waals surface area contributed by atoms with Crippen LogP contribution < -0.4 is 0 Å². The third kappa shape index (κ3) is 2.22. The zero-order valence-corrected chi connectivity index (χ0v) is 14.4. The van der Waals surface area contributed by atoms with Crippen LogP contribution in [0, 0.1) is 13.8 Å². The standard InChI is InChI=1S/C20H20N4/c1-13-6-5-7-15(10-13)19-20(24(4)14(2)22-19)16-8-9-17-18(11-16)23(3)12-21-17/h5-12H,1-4H3. The highest BCUT2D eigenvalue weighted by Gasteiger charge is 2.17. The maximum absolute atomic E-state index is 4.83. The lowest BCUT2D eigenvalue weighted by molar-refractivity contribution is 0.865. The van der Waals surface area contributed by atoms with Crippen molar-refractivity contribution in [1.29, 1.82) is 0 Å². The van der Waals surface area contributed by atoms with Gasteiger partial charge in [-0.15, -0.1) is 0 Å². The van der Waals surface area contributed by atoms with Crippen LogP contribution in [0.2, 0.25) is 0 Å². The van der Waals surface area contributed by atoms with Crippen molar-refractivity contribution in [1.82, 2.24) is 19.1 Å². The number of hydrogen-bond donors (Lipinski definition) is 0. The van der Waals surface area contributed by atoms with Crippen LogP contribution in [-0.4, -0.2) is 19.1 Å². The quantitative estimate of drug-likeness (QED) is 0.554. The van der Waals surface area contributed by atoms with Crippen LogP contribution in [0.4, 0.5) is 0 Å². The maximum atomic E-state index is 4.83. The van der Waals surface area contributed by atoms with E-state index in [1.165, 1.54) is 5.56 Å². The molecule has 0 aliphatic rings. The summed E-state index contributed by atoms with van der Waals surface area (Å²) in [4.78, 5) is 9.24. The summed E-state index contributed by atoms with van der Waals surface area (Å²) >= 11 is 0. The SMILES string of the molecule is Cc1cccc(-c2nc(C)n(C)c2-c2ccc3ncn(C)c3c2)c1. The Labute approximate surface area is 141 Å². The summed E-state index contributed by atoms with van der Waals surface area (Å²) in [5, 5.41) is 0. The Kier molecular flexibility index (Phi) is 3.27. The molecule has 120 valence electrons. The first-order valence-corrected chi connectivity index (χ1v) is 8.06. The molecule has 0 N–H and O–H groups in total. The Morgan fingerprint density at radius 2 is 1.75 bits per heavy atom. The van der Waals surface area contributed by atoms with Crippen molar-refractivity contribution in [2.75, 3.05) is 0 Å². The van der Waals surface area contributed by atoms with E-state index in [1.54, 1.807) is 0 Å². The molecule has 24 heavy (non-hydrogen) atoms. The van der Waals surface area contributed by atoms with E-state index >= 15 is 0 Å². The zero-order chi connectivity index (χ0) is 16.8. The summed E-state index contributed by atoms with van der Waals surface area (Å²) in [5.41, 5.74) is 7.86. The summed E-state index contributed by atoms with van der Waals surface area (Å²) in [6.45, 7) is 4.16. The fourth-order valence-corrected chi connectivity index (χ4v) is 3.21. The van der Waals surface area contributed by atoms with E-state index in [0.717, 1.165) is 39.4 Å². The van der Waals surface area contributed by atoms with Gasteiger partial charge >= 0.3 is 0 Å².